The largest absolute Gasteiger partial charge is 0.490 e. The SMILES string of the molecule is Fc1cc(Br)cc(OCCOc2ccccc2)c1. The van der Waals surface area contributed by atoms with Crippen molar-refractivity contribution < 1.29 is 13.9 Å². The van der Waals surface area contributed by atoms with Crippen molar-refractivity contribution in [3.05, 3.63) is 58.8 Å². The van der Waals surface area contributed by atoms with Gasteiger partial charge in [-0.1, -0.05) is 34.1 Å². The fourth-order valence-electron chi connectivity index (χ4n) is 1.45. The van der Waals surface area contributed by atoms with E-state index in [2.05, 4.69) is 15.9 Å². The quantitative estimate of drug-likeness (QED) is 0.776. The molecule has 0 atom stereocenters. The Labute approximate surface area is 113 Å². The molecule has 0 unspecified atom stereocenters. The Morgan fingerprint density at radius 1 is 0.889 bits per heavy atom. The summed E-state index contributed by atoms with van der Waals surface area (Å²) < 4.78 is 24.6. The number of para-hydroxylation sites is 1. The summed E-state index contributed by atoms with van der Waals surface area (Å²) in [5.74, 6) is 0.948. The predicted molar refractivity (Wildman–Crippen MR) is 71.5 cm³/mol. The second-order valence-corrected chi connectivity index (χ2v) is 4.53. The molecule has 0 heterocycles. The molecule has 2 rings (SSSR count). The maximum absolute atomic E-state index is 13.1. The molecule has 0 saturated carbocycles. The van der Waals surface area contributed by atoms with Gasteiger partial charge in [0.05, 0.1) is 0 Å². The molecule has 0 aliphatic carbocycles. The first kappa shape index (κ1) is 12.9. The van der Waals surface area contributed by atoms with Crippen LogP contribution in [0.1, 0.15) is 0 Å². The third-order valence-corrected chi connectivity index (χ3v) is 2.66. The van der Waals surface area contributed by atoms with Crippen LogP contribution in [-0.4, -0.2) is 13.2 Å². The minimum absolute atomic E-state index is 0.330. The second-order valence-electron chi connectivity index (χ2n) is 3.62. The Hall–Kier alpha value is -1.55. The fraction of sp³-hybridized carbons (Fsp3) is 0.143. The van der Waals surface area contributed by atoms with E-state index in [9.17, 15) is 4.39 Å². The van der Waals surface area contributed by atoms with Gasteiger partial charge in [-0.25, -0.2) is 4.39 Å². The van der Waals surface area contributed by atoms with E-state index in [1.807, 2.05) is 30.3 Å². The van der Waals surface area contributed by atoms with Gasteiger partial charge in [-0.15, -0.1) is 0 Å². The van der Waals surface area contributed by atoms with Gasteiger partial charge in [0, 0.05) is 10.5 Å². The highest BCUT2D eigenvalue weighted by Gasteiger charge is 2.00. The van der Waals surface area contributed by atoms with Crippen molar-refractivity contribution in [2.75, 3.05) is 13.2 Å². The monoisotopic (exact) mass is 310 g/mol. The topological polar surface area (TPSA) is 18.5 Å². The van der Waals surface area contributed by atoms with E-state index in [4.69, 9.17) is 9.47 Å². The summed E-state index contributed by atoms with van der Waals surface area (Å²) in [6.07, 6.45) is 0. The third-order valence-electron chi connectivity index (χ3n) is 2.20. The van der Waals surface area contributed by atoms with Crippen molar-refractivity contribution in [2.45, 2.75) is 0 Å². The molecular weight excluding hydrogens is 299 g/mol. The lowest BCUT2D eigenvalue weighted by atomic mass is 10.3. The molecule has 2 aromatic rings. The summed E-state index contributed by atoms with van der Waals surface area (Å²) in [4.78, 5) is 0. The first-order valence-electron chi connectivity index (χ1n) is 5.51. The molecule has 0 fully saturated rings. The maximum Gasteiger partial charge on any atom is 0.128 e. The molecule has 4 heteroatoms. The molecule has 94 valence electrons. The minimum atomic E-state index is -0.330. The molecule has 0 radical (unpaired) electrons. The Kier molecular flexibility index (Phi) is 4.59. The molecule has 0 amide bonds. The molecule has 0 saturated heterocycles. The van der Waals surface area contributed by atoms with E-state index in [1.165, 1.54) is 12.1 Å². The molecule has 0 N–H and O–H groups in total. The highest BCUT2D eigenvalue weighted by Crippen LogP contribution is 2.20. The van der Waals surface area contributed by atoms with Crippen LogP contribution in [0.25, 0.3) is 0 Å². The van der Waals surface area contributed by atoms with Crippen LogP contribution >= 0.6 is 15.9 Å². The molecule has 0 bridgehead atoms. The summed E-state index contributed by atoms with van der Waals surface area (Å²) in [6.45, 7) is 0.781. The first-order chi connectivity index (χ1) is 8.74. The van der Waals surface area contributed by atoms with Crippen LogP contribution in [0.4, 0.5) is 4.39 Å². The van der Waals surface area contributed by atoms with Crippen LogP contribution in [0.15, 0.2) is 53.0 Å². The minimum Gasteiger partial charge on any atom is -0.490 e. The summed E-state index contributed by atoms with van der Waals surface area (Å²) in [6, 6.07) is 13.9. The number of halogens is 2. The highest BCUT2D eigenvalue weighted by atomic mass is 79.9. The average Bonchev–Trinajstić information content (AvgIpc) is 2.35. The highest BCUT2D eigenvalue weighted by molar-refractivity contribution is 9.10. The van der Waals surface area contributed by atoms with Crippen molar-refractivity contribution in [3.63, 3.8) is 0 Å². The van der Waals surface area contributed by atoms with Gasteiger partial charge in [0.25, 0.3) is 0 Å². The van der Waals surface area contributed by atoms with Crippen molar-refractivity contribution in [1.29, 1.82) is 0 Å². The summed E-state index contributed by atoms with van der Waals surface area (Å²) >= 11 is 3.21. The van der Waals surface area contributed by atoms with E-state index in [0.29, 0.717) is 23.4 Å². The van der Waals surface area contributed by atoms with Crippen molar-refractivity contribution in [2.24, 2.45) is 0 Å². The average molecular weight is 311 g/mol. The van der Waals surface area contributed by atoms with Gasteiger partial charge < -0.3 is 9.47 Å². The van der Waals surface area contributed by atoms with Crippen molar-refractivity contribution in [1.82, 2.24) is 0 Å². The number of hydrogen-bond acceptors (Lipinski definition) is 2. The molecule has 2 nitrogen and oxygen atoms in total. The van der Waals surface area contributed by atoms with Gasteiger partial charge >= 0.3 is 0 Å². The Morgan fingerprint density at radius 3 is 2.22 bits per heavy atom. The summed E-state index contributed by atoms with van der Waals surface area (Å²) in [5.41, 5.74) is 0. The van der Waals surface area contributed by atoms with Crippen LogP contribution < -0.4 is 9.47 Å². The summed E-state index contributed by atoms with van der Waals surface area (Å²) in [5, 5.41) is 0. The lowest BCUT2D eigenvalue weighted by molar-refractivity contribution is 0.216. The molecule has 18 heavy (non-hydrogen) atoms. The van der Waals surface area contributed by atoms with Gasteiger partial charge in [0.15, 0.2) is 0 Å². The summed E-state index contributed by atoms with van der Waals surface area (Å²) in [7, 11) is 0. The zero-order valence-electron chi connectivity index (χ0n) is 9.61. The van der Waals surface area contributed by atoms with Crippen molar-refractivity contribution in [3.8, 4) is 11.5 Å². The van der Waals surface area contributed by atoms with Gasteiger partial charge in [0.2, 0.25) is 0 Å². The lowest BCUT2D eigenvalue weighted by Gasteiger charge is -2.08. The van der Waals surface area contributed by atoms with E-state index >= 15 is 0 Å². The Bertz CT molecular complexity index is 482. The molecule has 2 aromatic carbocycles. The van der Waals surface area contributed by atoms with E-state index in [1.54, 1.807) is 6.07 Å². The Morgan fingerprint density at radius 2 is 1.56 bits per heavy atom. The number of benzene rings is 2. The normalized spacial score (nSPS) is 10.1. The van der Waals surface area contributed by atoms with Crippen molar-refractivity contribution >= 4 is 15.9 Å². The molecule has 0 spiro atoms. The fourth-order valence-corrected chi connectivity index (χ4v) is 1.89. The lowest BCUT2D eigenvalue weighted by Crippen LogP contribution is -2.09. The van der Waals surface area contributed by atoms with E-state index in [0.717, 1.165) is 5.75 Å². The van der Waals surface area contributed by atoms with E-state index < -0.39 is 0 Å². The van der Waals surface area contributed by atoms with Crippen LogP contribution in [0.3, 0.4) is 0 Å². The van der Waals surface area contributed by atoms with Gasteiger partial charge in [-0.3, -0.25) is 0 Å². The van der Waals surface area contributed by atoms with Crippen LogP contribution in [0.2, 0.25) is 0 Å². The zero-order valence-corrected chi connectivity index (χ0v) is 11.2. The molecule has 0 aliphatic rings. The predicted octanol–water partition coefficient (Wildman–Crippen LogP) is 4.05. The standard InChI is InChI=1S/C14H12BrFO2/c15-11-8-12(16)10-14(9-11)18-7-6-17-13-4-2-1-3-5-13/h1-5,8-10H,6-7H2. The van der Waals surface area contributed by atoms with Gasteiger partial charge in [-0.2, -0.15) is 0 Å². The molecule has 0 aromatic heterocycles. The third kappa shape index (κ3) is 4.04. The Balaban J connectivity index is 1.78. The second kappa shape index (κ2) is 6.40. The van der Waals surface area contributed by atoms with Gasteiger partial charge in [0.1, 0.15) is 30.5 Å². The van der Waals surface area contributed by atoms with E-state index in [-0.39, 0.29) is 5.82 Å². The van der Waals surface area contributed by atoms with Crippen LogP contribution in [-0.2, 0) is 0 Å². The smallest absolute Gasteiger partial charge is 0.128 e. The van der Waals surface area contributed by atoms with Crippen LogP contribution in [0.5, 0.6) is 11.5 Å². The van der Waals surface area contributed by atoms with Gasteiger partial charge in [-0.05, 0) is 24.3 Å². The number of ether oxygens (including phenoxy) is 2. The number of rotatable bonds is 5. The number of hydrogen-bond donors (Lipinski definition) is 0. The van der Waals surface area contributed by atoms with Crippen LogP contribution in [0, 0.1) is 5.82 Å². The zero-order chi connectivity index (χ0) is 12.8. The first-order valence-corrected chi connectivity index (χ1v) is 6.30. The molecular formula is C14H12BrFO2. The molecule has 0 aliphatic heterocycles. The maximum atomic E-state index is 13.1.